The number of rotatable bonds is 5. The number of carbonyl (C=O) groups excluding carboxylic acids is 1. The van der Waals surface area contributed by atoms with Gasteiger partial charge < -0.3 is 15.2 Å². The number of H-pyrrole nitrogens is 2. The highest BCUT2D eigenvalue weighted by molar-refractivity contribution is 5.98. The number of hydrogen-bond acceptors (Lipinski definition) is 5. The molecular formula is C27H25N7O. The molecule has 3 aromatic heterocycles. The van der Waals surface area contributed by atoms with Crippen LogP contribution in [0.1, 0.15) is 29.8 Å². The normalized spacial score (nSPS) is 13.8. The van der Waals surface area contributed by atoms with E-state index < -0.39 is 0 Å². The Bertz CT molecular complexity index is 1470. The molecule has 0 radical (unpaired) electrons. The first-order valence-electron chi connectivity index (χ1n) is 11.8. The van der Waals surface area contributed by atoms with Crippen LogP contribution in [-0.4, -0.2) is 49.0 Å². The maximum atomic E-state index is 12.9. The molecule has 6 rings (SSSR count). The van der Waals surface area contributed by atoms with Gasteiger partial charge in [-0.15, -0.1) is 0 Å². The van der Waals surface area contributed by atoms with E-state index in [2.05, 4.69) is 25.5 Å². The number of nitrogens with one attached hydrogen (secondary N) is 3. The zero-order chi connectivity index (χ0) is 23.6. The van der Waals surface area contributed by atoms with Gasteiger partial charge in [0.05, 0.1) is 6.20 Å². The van der Waals surface area contributed by atoms with Gasteiger partial charge in [-0.2, -0.15) is 5.10 Å². The van der Waals surface area contributed by atoms with E-state index in [1.807, 2.05) is 65.7 Å². The third-order valence-corrected chi connectivity index (χ3v) is 6.40. The number of likely N-dealkylation sites (tertiary alicyclic amines) is 1. The topological polar surface area (TPSA) is 103 Å². The van der Waals surface area contributed by atoms with Gasteiger partial charge in [-0.1, -0.05) is 24.3 Å². The van der Waals surface area contributed by atoms with Crippen molar-refractivity contribution in [2.75, 3.05) is 18.4 Å². The Morgan fingerprint density at radius 1 is 0.914 bits per heavy atom. The number of aromatic amines is 2. The fourth-order valence-corrected chi connectivity index (χ4v) is 4.52. The minimum Gasteiger partial charge on any atom is -0.351 e. The van der Waals surface area contributed by atoms with Gasteiger partial charge in [-0.3, -0.25) is 9.89 Å². The lowest BCUT2D eigenvalue weighted by atomic mass is 10.1. The minimum atomic E-state index is 0.0729. The van der Waals surface area contributed by atoms with Gasteiger partial charge in [-0.25, -0.2) is 9.97 Å². The molecule has 1 fully saturated rings. The van der Waals surface area contributed by atoms with Crippen LogP contribution in [-0.2, 0) is 0 Å². The van der Waals surface area contributed by atoms with E-state index in [-0.39, 0.29) is 5.91 Å². The van der Waals surface area contributed by atoms with E-state index in [0.717, 1.165) is 59.2 Å². The number of fused-ring (bicyclic) bond motifs is 1. The van der Waals surface area contributed by atoms with Gasteiger partial charge in [0, 0.05) is 53.2 Å². The molecule has 0 bridgehead atoms. The van der Waals surface area contributed by atoms with Crippen molar-refractivity contribution in [1.82, 2.24) is 30.0 Å². The average Bonchev–Trinajstić information content (AvgIpc) is 3.59. The van der Waals surface area contributed by atoms with Crippen LogP contribution in [0.25, 0.3) is 33.4 Å². The quantitative estimate of drug-likeness (QED) is 0.325. The number of amides is 1. The molecule has 1 amide bonds. The number of carbonyl (C=O) groups is 1. The molecule has 5 aromatic rings. The first kappa shape index (κ1) is 21.1. The van der Waals surface area contributed by atoms with Crippen LogP contribution in [0.5, 0.6) is 0 Å². The summed E-state index contributed by atoms with van der Waals surface area (Å²) >= 11 is 0. The number of piperidine rings is 1. The smallest absolute Gasteiger partial charge is 0.270 e. The molecule has 1 saturated heterocycles. The largest absolute Gasteiger partial charge is 0.351 e. The summed E-state index contributed by atoms with van der Waals surface area (Å²) in [7, 11) is 0. The molecule has 8 heteroatoms. The van der Waals surface area contributed by atoms with E-state index in [4.69, 9.17) is 4.98 Å². The molecule has 4 heterocycles. The van der Waals surface area contributed by atoms with Crippen molar-refractivity contribution in [3.8, 4) is 22.5 Å². The predicted octanol–water partition coefficient (Wildman–Crippen LogP) is 5.38. The summed E-state index contributed by atoms with van der Waals surface area (Å²) < 4.78 is 0. The number of anilines is 2. The fourth-order valence-electron chi connectivity index (χ4n) is 4.52. The van der Waals surface area contributed by atoms with Crippen molar-refractivity contribution in [3.05, 3.63) is 78.9 Å². The lowest BCUT2D eigenvalue weighted by molar-refractivity contribution is 0.0719. The highest BCUT2D eigenvalue weighted by Gasteiger charge is 2.20. The van der Waals surface area contributed by atoms with Crippen molar-refractivity contribution < 1.29 is 4.79 Å². The Morgan fingerprint density at radius 2 is 1.74 bits per heavy atom. The van der Waals surface area contributed by atoms with Crippen molar-refractivity contribution in [1.29, 1.82) is 0 Å². The molecule has 8 nitrogen and oxygen atoms in total. The van der Waals surface area contributed by atoms with E-state index in [9.17, 15) is 4.79 Å². The minimum absolute atomic E-state index is 0.0729. The SMILES string of the molecule is O=C(c1cc2ccc(-c3nccc(Nc4ccc(-c5cn[nH]c5)cc4)n3)cc2[nH]1)N1CCCCC1. The van der Waals surface area contributed by atoms with Gasteiger partial charge in [0.2, 0.25) is 0 Å². The summed E-state index contributed by atoms with van der Waals surface area (Å²) in [6.45, 7) is 1.66. The Hall–Kier alpha value is -4.46. The van der Waals surface area contributed by atoms with Gasteiger partial charge >= 0.3 is 0 Å². The second-order valence-electron chi connectivity index (χ2n) is 8.79. The van der Waals surface area contributed by atoms with E-state index in [1.165, 1.54) is 6.42 Å². The van der Waals surface area contributed by atoms with Crippen LogP contribution in [0, 0.1) is 0 Å². The highest BCUT2D eigenvalue weighted by Crippen LogP contribution is 2.26. The highest BCUT2D eigenvalue weighted by atomic mass is 16.2. The van der Waals surface area contributed by atoms with Crippen LogP contribution in [0.15, 0.2) is 73.2 Å². The summed E-state index contributed by atoms with van der Waals surface area (Å²) in [5, 5.41) is 11.2. The number of benzene rings is 2. The Balaban J connectivity index is 1.21. The summed E-state index contributed by atoms with van der Waals surface area (Å²) in [6, 6.07) is 17.9. The Morgan fingerprint density at radius 3 is 2.54 bits per heavy atom. The molecule has 1 aliphatic rings. The summed E-state index contributed by atoms with van der Waals surface area (Å²) in [4.78, 5) is 27.3. The van der Waals surface area contributed by atoms with Crippen molar-refractivity contribution in [2.45, 2.75) is 19.3 Å². The molecule has 0 saturated carbocycles. The van der Waals surface area contributed by atoms with E-state index >= 15 is 0 Å². The molecule has 0 atom stereocenters. The molecular weight excluding hydrogens is 438 g/mol. The third kappa shape index (κ3) is 4.38. The van der Waals surface area contributed by atoms with Crippen LogP contribution in [0.2, 0.25) is 0 Å². The second kappa shape index (κ2) is 9.06. The first-order chi connectivity index (χ1) is 17.2. The number of nitrogens with zero attached hydrogens (tertiary/aromatic N) is 4. The first-order valence-corrected chi connectivity index (χ1v) is 11.8. The van der Waals surface area contributed by atoms with Crippen molar-refractivity contribution in [3.63, 3.8) is 0 Å². The summed E-state index contributed by atoms with van der Waals surface area (Å²) in [5.74, 6) is 1.40. The lowest BCUT2D eigenvalue weighted by Gasteiger charge is -2.26. The van der Waals surface area contributed by atoms with Crippen LogP contribution < -0.4 is 5.32 Å². The maximum absolute atomic E-state index is 12.9. The zero-order valence-electron chi connectivity index (χ0n) is 19.2. The fraction of sp³-hybridized carbons (Fsp3) is 0.185. The Labute approximate surface area is 202 Å². The molecule has 0 unspecified atom stereocenters. The molecule has 0 spiro atoms. The predicted molar refractivity (Wildman–Crippen MR) is 136 cm³/mol. The maximum Gasteiger partial charge on any atom is 0.270 e. The van der Waals surface area contributed by atoms with Crippen LogP contribution in [0.4, 0.5) is 11.5 Å². The average molecular weight is 464 g/mol. The van der Waals surface area contributed by atoms with E-state index in [1.54, 1.807) is 12.4 Å². The lowest BCUT2D eigenvalue weighted by Crippen LogP contribution is -2.35. The second-order valence-corrected chi connectivity index (χ2v) is 8.79. The third-order valence-electron chi connectivity index (χ3n) is 6.40. The summed E-state index contributed by atoms with van der Waals surface area (Å²) in [6.07, 6.45) is 8.76. The zero-order valence-corrected chi connectivity index (χ0v) is 19.2. The molecule has 35 heavy (non-hydrogen) atoms. The molecule has 174 valence electrons. The standard InChI is InChI=1S/C27H25N7O/c35-27(34-12-2-1-3-13-34)24-14-19-4-5-20(15-23(19)32-24)26-28-11-10-25(33-26)31-22-8-6-18(7-9-22)21-16-29-30-17-21/h4-11,14-17,32H,1-3,12-13H2,(H,29,30)(H,28,31,33). The van der Waals surface area contributed by atoms with Gasteiger partial charge in [-0.05, 0) is 55.2 Å². The van der Waals surface area contributed by atoms with Gasteiger partial charge in [0.25, 0.3) is 5.91 Å². The Kier molecular flexibility index (Phi) is 5.46. The molecule has 2 aromatic carbocycles. The monoisotopic (exact) mass is 463 g/mol. The molecule has 3 N–H and O–H groups in total. The molecule has 0 aliphatic carbocycles. The summed E-state index contributed by atoms with van der Waals surface area (Å²) in [5.41, 5.74) is 5.48. The number of hydrogen-bond donors (Lipinski definition) is 3. The number of aromatic nitrogens is 5. The van der Waals surface area contributed by atoms with Crippen molar-refractivity contribution in [2.24, 2.45) is 0 Å². The van der Waals surface area contributed by atoms with Crippen LogP contribution in [0.3, 0.4) is 0 Å². The van der Waals surface area contributed by atoms with Crippen molar-refractivity contribution >= 4 is 28.3 Å². The van der Waals surface area contributed by atoms with E-state index in [0.29, 0.717) is 17.3 Å². The van der Waals surface area contributed by atoms with Gasteiger partial charge in [0.15, 0.2) is 5.82 Å². The van der Waals surface area contributed by atoms with Gasteiger partial charge in [0.1, 0.15) is 11.5 Å². The molecule has 1 aliphatic heterocycles. The van der Waals surface area contributed by atoms with Crippen LogP contribution >= 0.6 is 0 Å².